The van der Waals surface area contributed by atoms with Crippen LogP contribution in [0, 0.1) is 204 Å². The molecule has 0 spiro atoms. The Bertz CT molecular complexity index is 3990. The minimum atomic E-state index is -0.736. The third kappa shape index (κ3) is 29.0. The van der Waals surface area contributed by atoms with E-state index in [0.717, 1.165) is 17.0 Å². The molecule has 520 valence electrons. The second-order valence-corrected chi connectivity index (χ2v) is 25.5. The minimum Gasteiger partial charge on any atom is -0.207 e. The molecule has 0 nitrogen and oxygen atoms in total. The van der Waals surface area contributed by atoms with Crippen molar-refractivity contribution in [2.75, 3.05) is 0 Å². The monoisotopic (exact) mass is 1340 g/mol. The van der Waals surface area contributed by atoms with Gasteiger partial charge in [0.15, 0.2) is 11.6 Å². The first-order valence-corrected chi connectivity index (χ1v) is 32.6. The Morgan fingerprint density at radius 2 is 0.469 bits per heavy atom. The Hall–Kier alpha value is -9.02. The van der Waals surface area contributed by atoms with E-state index in [4.69, 9.17) is 0 Å². The van der Waals surface area contributed by atoms with Crippen molar-refractivity contribution < 1.29 is 43.9 Å². The smallest absolute Gasteiger partial charge is 0.161 e. The van der Waals surface area contributed by atoms with Crippen LogP contribution in [-0.4, -0.2) is 0 Å². The molecule has 1 saturated carbocycles. The molecule has 0 aromatic heterocycles. The molecule has 0 bridgehead atoms. The molecule has 0 atom stereocenters. The van der Waals surface area contributed by atoms with Crippen LogP contribution in [0.2, 0.25) is 0 Å². The Balaban J connectivity index is 0.000000284. The minimum absolute atomic E-state index is 0.0885. The van der Waals surface area contributed by atoms with Crippen LogP contribution in [0.1, 0.15) is 141 Å². The van der Waals surface area contributed by atoms with E-state index in [9.17, 15) is 43.9 Å². The largest absolute Gasteiger partial charge is 0.207 e. The van der Waals surface area contributed by atoms with Crippen LogP contribution in [-0.2, 0) is 0 Å². The van der Waals surface area contributed by atoms with Gasteiger partial charge in [0.05, 0.1) is 0 Å². The molecule has 0 radical (unpaired) electrons. The van der Waals surface area contributed by atoms with E-state index in [1.54, 1.807) is 57.5 Å². The predicted octanol–water partition coefficient (Wildman–Crippen LogP) is 26.8. The molecule has 0 amide bonds. The lowest BCUT2D eigenvalue weighted by Crippen LogP contribution is -1.91. The summed E-state index contributed by atoms with van der Waals surface area (Å²) in [5.74, 6) is -3.40. The first-order valence-electron chi connectivity index (χ1n) is 32.6. The van der Waals surface area contributed by atoms with Crippen molar-refractivity contribution in [3.63, 3.8) is 0 Å². The van der Waals surface area contributed by atoms with E-state index in [1.165, 1.54) is 164 Å². The van der Waals surface area contributed by atoms with Crippen LogP contribution in [0.15, 0.2) is 182 Å². The van der Waals surface area contributed by atoms with Crippen molar-refractivity contribution in [1.29, 1.82) is 0 Å². The molecule has 98 heavy (non-hydrogen) atoms. The maximum atomic E-state index is 12.6. The van der Waals surface area contributed by atoms with Crippen LogP contribution in [0.5, 0.6) is 0 Å². The van der Waals surface area contributed by atoms with Gasteiger partial charge < -0.3 is 0 Å². The number of benzene rings is 11. The van der Waals surface area contributed by atoms with Gasteiger partial charge in [-0.2, -0.15) is 0 Å². The van der Waals surface area contributed by atoms with Crippen molar-refractivity contribution in [2.24, 2.45) is 0 Å². The Morgan fingerprint density at radius 1 is 0.204 bits per heavy atom. The molecule has 1 aliphatic carbocycles. The zero-order valence-corrected chi connectivity index (χ0v) is 61.1. The Morgan fingerprint density at radius 3 is 0.776 bits per heavy atom. The SMILES string of the molecule is Cc1cc(F)c(C)c(F)c1.Cc1cc(F)c(C)c(F)c1.Cc1cc(F)c(C)cc1F.Cc1ccc(C)c(C)c1.Cc1ccc(C)c(C2CC2)c1.Cc1ccc(C)c(F)c1.Cc1ccc(C)c(F)c1.Cc1ccc(C)c(F)c1F.Cc1ccc(C)c2ccccc12.Cc1ccc(C)cc1. The molecule has 0 heterocycles. The van der Waals surface area contributed by atoms with E-state index < -0.39 is 34.9 Å². The summed E-state index contributed by atoms with van der Waals surface area (Å²) in [5, 5.41) is 2.75. The van der Waals surface area contributed by atoms with E-state index in [1.807, 2.05) is 26.0 Å². The fourth-order valence-corrected chi connectivity index (χ4v) is 9.15. The van der Waals surface area contributed by atoms with E-state index in [2.05, 4.69) is 159 Å². The zero-order chi connectivity index (χ0) is 73.8. The first-order chi connectivity index (χ1) is 45.9. The standard InChI is InChI=1S/C12H12.C11H14.C9H12.4C8H8F2.2C8H9F.C8H10/c1-9-7-8-10(2)12-6-4-3-5-11(9)12;1-8-3-4-9(2)11(7-8)10-5-6-10;1-7-4-5-8(2)9(3)6-7;1-5-3-8(10)6(2)4-7(5)9;2*1-5-3-7(9)6(2)8(10)4-5;1-5-3-4-6(2)8(10)7(5)9;2*1-6-3-4-7(2)8(9)5-6;1-7-3-5-8(2)6-4-7/h3-8H,1-2H3;3-4,7,10H,5-6H2,1-2H3;4-6H,1-3H3;4*3-4H,1-2H3;2*3-5H,1-2H3;3-6H,1-2H3. The molecule has 11 aromatic rings. The summed E-state index contributed by atoms with van der Waals surface area (Å²) in [4.78, 5) is 0. The van der Waals surface area contributed by atoms with Crippen molar-refractivity contribution in [2.45, 2.75) is 164 Å². The fourth-order valence-electron chi connectivity index (χ4n) is 9.15. The third-order valence-corrected chi connectivity index (χ3v) is 16.1. The summed E-state index contributed by atoms with van der Waals surface area (Å²) in [6.07, 6.45) is 2.81. The molecule has 0 aliphatic heterocycles. The average molecular weight is 1350 g/mol. The lowest BCUT2D eigenvalue weighted by Gasteiger charge is -2.03. The number of halogens is 10. The van der Waals surface area contributed by atoms with Gasteiger partial charge in [0.25, 0.3) is 0 Å². The summed E-state index contributed by atoms with van der Waals surface area (Å²) in [6.45, 7) is 38.9. The van der Waals surface area contributed by atoms with Crippen molar-refractivity contribution in [3.05, 3.63) is 363 Å². The zero-order valence-electron chi connectivity index (χ0n) is 61.1. The Labute approximate surface area is 578 Å². The highest BCUT2D eigenvalue weighted by atomic mass is 19.2. The lowest BCUT2D eigenvalue weighted by molar-refractivity contribution is 0.497. The van der Waals surface area contributed by atoms with Crippen LogP contribution in [0.25, 0.3) is 10.8 Å². The molecule has 1 aliphatic rings. The van der Waals surface area contributed by atoms with Gasteiger partial charge in [-0.1, -0.05) is 156 Å². The fraction of sp³-hybridized carbons (Fsp3) is 0.273. The van der Waals surface area contributed by atoms with Gasteiger partial charge in [-0.05, 0) is 312 Å². The van der Waals surface area contributed by atoms with Crippen molar-refractivity contribution in [1.82, 2.24) is 0 Å². The maximum absolute atomic E-state index is 12.6. The van der Waals surface area contributed by atoms with E-state index in [0.29, 0.717) is 44.5 Å². The number of hydrogen-bond acceptors (Lipinski definition) is 0. The first kappa shape index (κ1) is 83.2. The van der Waals surface area contributed by atoms with Crippen LogP contribution in [0.3, 0.4) is 0 Å². The summed E-state index contributed by atoms with van der Waals surface area (Å²) in [7, 11) is 0. The molecule has 12 rings (SSSR count). The molecule has 1 fully saturated rings. The molecule has 11 aromatic carbocycles. The quantitative estimate of drug-likeness (QED) is 0.144. The molecule has 10 heteroatoms. The maximum Gasteiger partial charge on any atom is 0.161 e. The molecule has 0 unspecified atom stereocenters. The second-order valence-electron chi connectivity index (χ2n) is 25.5. The second kappa shape index (κ2) is 40.6. The van der Waals surface area contributed by atoms with Gasteiger partial charge in [0, 0.05) is 11.1 Å². The highest BCUT2D eigenvalue weighted by Gasteiger charge is 2.24. The van der Waals surface area contributed by atoms with Gasteiger partial charge in [0.1, 0.15) is 46.5 Å². The number of aryl methyl sites for hydroxylation is 19. The van der Waals surface area contributed by atoms with Gasteiger partial charge in [-0.15, -0.1) is 0 Å². The van der Waals surface area contributed by atoms with Gasteiger partial charge in [-0.25, -0.2) is 43.9 Å². The average Bonchev–Trinajstić information content (AvgIpc) is 1.56. The normalized spacial score (nSPS) is 10.7. The number of hydrogen-bond donors (Lipinski definition) is 0. The third-order valence-electron chi connectivity index (χ3n) is 16.1. The Kier molecular flexibility index (Phi) is 34.5. The van der Waals surface area contributed by atoms with E-state index >= 15 is 0 Å². The van der Waals surface area contributed by atoms with Crippen molar-refractivity contribution >= 4 is 10.8 Å². The van der Waals surface area contributed by atoms with Gasteiger partial charge in [0.2, 0.25) is 0 Å². The molecular formula is C88H98F10. The van der Waals surface area contributed by atoms with Crippen LogP contribution in [0.4, 0.5) is 43.9 Å². The van der Waals surface area contributed by atoms with Crippen LogP contribution < -0.4 is 0 Å². The summed E-state index contributed by atoms with van der Waals surface area (Å²) >= 11 is 0. The van der Waals surface area contributed by atoms with E-state index in [-0.39, 0.29) is 34.4 Å². The predicted molar refractivity (Wildman–Crippen MR) is 393 cm³/mol. The molecule has 0 saturated heterocycles. The number of fused-ring (bicyclic) bond motifs is 1. The van der Waals surface area contributed by atoms with Gasteiger partial charge >= 0.3 is 0 Å². The summed E-state index contributed by atoms with van der Waals surface area (Å²) < 4.78 is 126. The molecule has 0 N–H and O–H groups in total. The highest BCUT2D eigenvalue weighted by Crippen LogP contribution is 2.41. The lowest BCUT2D eigenvalue weighted by atomic mass is 10.0. The van der Waals surface area contributed by atoms with Gasteiger partial charge in [-0.3, -0.25) is 0 Å². The molecular weight excluding hydrogens is 1250 g/mol. The van der Waals surface area contributed by atoms with Crippen molar-refractivity contribution in [3.8, 4) is 0 Å². The summed E-state index contributed by atoms with van der Waals surface area (Å²) in [6, 6.07) is 55.9. The summed E-state index contributed by atoms with van der Waals surface area (Å²) in [5.41, 5.74) is 20.1. The van der Waals surface area contributed by atoms with Crippen LogP contribution >= 0.6 is 0 Å². The highest BCUT2D eigenvalue weighted by molar-refractivity contribution is 5.88. The number of rotatable bonds is 1. The topological polar surface area (TPSA) is 0 Å².